The first-order valence-electron chi connectivity index (χ1n) is 7.21. The number of nitro benzene ring substituents is 1. The molecule has 7 nitrogen and oxygen atoms in total. The van der Waals surface area contributed by atoms with Crippen molar-refractivity contribution in [3.05, 3.63) is 69.1 Å². The Bertz CT molecular complexity index is 962. The van der Waals surface area contributed by atoms with Crippen molar-refractivity contribution in [3.63, 3.8) is 0 Å². The SMILES string of the molecule is CN(C)Nc1ccc2cc(-c3ccc([N+](=O)[O-])cc3)c(=O)oc2c1. The number of anilines is 1. The Hall–Kier alpha value is -3.19. The Kier molecular flexibility index (Phi) is 4.01. The van der Waals surface area contributed by atoms with E-state index >= 15 is 0 Å². The second-order valence-corrected chi connectivity index (χ2v) is 5.51. The number of nitrogens with one attached hydrogen (secondary N) is 1. The molecule has 0 spiro atoms. The van der Waals surface area contributed by atoms with Gasteiger partial charge in [0.05, 0.1) is 16.2 Å². The molecule has 0 saturated carbocycles. The van der Waals surface area contributed by atoms with E-state index in [4.69, 9.17) is 4.42 Å². The molecule has 1 aromatic heterocycles. The van der Waals surface area contributed by atoms with Crippen LogP contribution in [0, 0.1) is 10.1 Å². The summed E-state index contributed by atoms with van der Waals surface area (Å²) in [6.07, 6.45) is 0. The van der Waals surface area contributed by atoms with Crippen LogP contribution in [0.15, 0.2) is 57.7 Å². The Morgan fingerprint density at radius 1 is 1.08 bits per heavy atom. The summed E-state index contributed by atoms with van der Waals surface area (Å²) in [5.74, 6) is 0. The third-order valence-corrected chi connectivity index (χ3v) is 3.48. The van der Waals surface area contributed by atoms with Crippen LogP contribution in [-0.2, 0) is 0 Å². The second-order valence-electron chi connectivity index (χ2n) is 5.51. The number of rotatable bonds is 4. The molecule has 1 N–H and O–H groups in total. The van der Waals surface area contributed by atoms with Crippen molar-refractivity contribution in [2.75, 3.05) is 19.5 Å². The number of hydrogen-bond donors (Lipinski definition) is 1. The predicted molar refractivity (Wildman–Crippen MR) is 91.9 cm³/mol. The van der Waals surface area contributed by atoms with Gasteiger partial charge in [0, 0.05) is 37.7 Å². The minimum absolute atomic E-state index is 0.0247. The van der Waals surface area contributed by atoms with Crippen molar-refractivity contribution < 1.29 is 9.34 Å². The molecule has 0 aliphatic rings. The lowest BCUT2D eigenvalue weighted by atomic mass is 10.1. The van der Waals surface area contributed by atoms with Gasteiger partial charge in [-0.15, -0.1) is 0 Å². The monoisotopic (exact) mass is 325 g/mol. The van der Waals surface area contributed by atoms with E-state index in [2.05, 4.69) is 5.43 Å². The zero-order valence-electron chi connectivity index (χ0n) is 13.1. The molecule has 0 fully saturated rings. The molecular weight excluding hydrogens is 310 g/mol. The smallest absolute Gasteiger partial charge is 0.344 e. The van der Waals surface area contributed by atoms with E-state index in [1.807, 2.05) is 26.2 Å². The third kappa shape index (κ3) is 3.11. The van der Waals surface area contributed by atoms with E-state index in [1.54, 1.807) is 17.1 Å². The van der Waals surface area contributed by atoms with Crippen molar-refractivity contribution in [2.24, 2.45) is 0 Å². The van der Waals surface area contributed by atoms with Crippen molar-refractivity contribution in [2.45, 2.75) is 0 Å². The van der Waals surface area contributed by atoms with E-state index < -0.39 is 10.5 Å². The van der Waals surface area contributed by atoms with Crippen LogP contribution in [0.25, 0.3) is 22.1 Å². The average molecular weight is 325 g/mol. The molecule has 0 aliphatic heterocycles. The minimum Gasteiger partial charge on any atom is -0.422 e. The molecule has 0 atom stereocenters. The van der Waals surface area contributed by atoms with Gasteiger partial charge < -0.3 is 9.84 Å². The first-order valence-corrected chi connectivity index (χ1v) is 7.21. The summed E-state index contributed by atoms with van der Waals surface area (Å²) in [6, 6.07) is 13.0. The van der Waals surface area contributed by atoms with Crippen molar-refractivity contribution in [3.8, 4) is 11.1 Å². The second kappa shape index (κ2) is 6.13. The maximum absolute atomic E-state index is 12.3. The van der Waals surface area contributed by atoms with Crippen LogP contribution in [-0.4, -0.2) is 24.0 Å². The lowest BCUT2D eigenvalue weighted by Crippen LogP contribution is -2.19. The number of hydrazine groups is 1. The molecule has 24 heavy (non-hydrogen) atoms. The summed E-state index contributed by atoms with van der Waals surface area (Å²) in [5, 5.41) is 13.3. The van der Waals surface area contributed by atoms with E-state index in [0.717, 1.165) is 11.1 Å². The van der Waals surface area contributed by atoms with Crippen LogP contribution in [0.4, 0.5) is 11.4 Å². The van der Waals surface area contributed by atoms with Crippen LogP contribution < -0.4 is 11.1 Å². The first kappa shape index (κ1) is 15.7. The van der Waals surface area contributed by atoms with E-state index in [1.165, 1.54) is 24.3 Å². The number of benzene rings is 2. The molecule has 0 saturated heterocycles. The van der Waals surface area contributed by atoms with Crippen LogP contribution in [0.2, 0.25) is 0 Å². The van der Waals surface area contributed by atoms with Gasteiger partial charge in [0.15, 0.2) is 0 Å². The highest BCUT2D eigenvalue weighted by Gasteiger charge is 2.11. The van der Waals surface area contributed by atoms with Gasteiger partial charge in [0.2, 0.25) is 0 Å². The van der Waals surface area contributed by atoms with Gasteiger partial charge in [-0.05, 0) is 35.9 Å². The molecule has 3 aromatic rings. The lowest BCUT2D eigenvalue weighted by Gasteiger charge is -2.13. The molecule has 0 aliphatic carbocycles. The average Bonchev–Trinajstić information content (AvgIpc) is 2.53. The molecule has 3 rings (SSSR count). The normalized spacial score (nSPS) is 11.0. The molecular formula is C17H15N3O4. The number of fused-ring (bicyclic) bond motifs is 1. The van der Waals surface area contributed by atoms with Crippen molar-refractivity contribution >= 4 is 22.3 Å². The molecule has 0 amide bonds. The van der Waals surface area contributed by atoms with Gasteiger partial charge in [-0.3, -0.25) is 10.1 Å². The quantitative estimate of drug-likeness (QED) is 0.450. The molecule has 0 radical (unpaired) electrons. The summed E-state index contributed by atoms with van der Waals surface area (Å²) < 4.78 is 5.40. The maximum atomic E-state index is 12.3. The Balaban J connectivity index is 2.04. The number of nitro groups is 1. The molecule has 122 valence electrons. The third-order valence-electron chi connectivity index (χ3n) is 3.48. The number of non-ortho nitro benzene ring substituents is 1. The number of nitrogens with zero attached hydrogens (tertiary/aromatic N) is 2. The zero-order chi connectivity index (χ0) is 17.3. The Morgan fingerprint density at radius 2 is 1.79 bits per heavy atom. The fourth-order valence-corrected chi connectivity index (χ4v) is 2.40. The highest BCUT2D eigenvalue weighted by molar-refractivity contribution is 5.84. The largest absolute Gasteiger partial charge is 0.422 e. The predicted octanol–water partition coefficient (Wildman–Crippen LogP) is 3.26. The summed E-state index contributed by atoms with van der Waals surface area (Å²) in [6.45, 7) is 0. The van der Waals surface area contributed by atoms with Crippen molar-refractivity contribution in [1.29, 1.82) is 0 Å². The summed E-state index contributed by atoms with van der Waals surface area (Å²) in [4.78, 5) is 22.5. The first-order chi connectivity index (χ1) is 11.4. The van der Waals surface area contributed by atoms with E-state index in [9.17, 15) is 14.9 Å². The lowest BCUT2D eigenvalue weighted by molar-refractivity contribution is -0.384. The summed E-state index contributed by atoms with van der Waals surface area (Å²) in [7, 11) is 3.72. The van der Waals surface area contributed by atoms with Gasteiger partial charge in [0.25, 0.3) is 5.69 Å². The van der Waals surface area contributed by atoms with Gasteiger partial charge in [-0.2, -0.15) is 0 Å². The van der Waals surface area contributed by atoms with Gasteiger partial charge >= 0.3 is 5.63 Å². The standard InChI is InChI=1S/C17H15N3O4/c1-19(2)18-13-6-3-12-9-15(17(21)24-16(12)10-13)11-4-7-14(8-5-11)20(22)23/h3-10,18H,1-2H3. The molecule has 2 aromatic carbocycles. The van der Waals surface area contributed by atoms with Crippen LogP contribution in [0.3, 0.4) is 0 Å². The Morgan fingerprint density at radius 3 is 2.42 bits per heavy atom. The van der Waals surface area contributed by atoms with Gasteiger partial charge in [0.1, 0.15) is 5.58 Å². The van der Waals surface area contributed by atoms with Crippen LogP contribution in [0.5, 0.6) is 0 Å². The summed E-state index contributed by atoms with van der Waals surface area (Å²) >= 11 is 0. The van der Waals surface area contributed by atoms with Crippen molar-refractivity contribution in [1.82, 2.24) is 5.01 Å². The summed E-state index contributed by atoms with van der Waals surface area (Å²) in [5.41, 5.74) is 4.79. The van der Waals surface area contributed by atoms with E-state index in [-0.39, 0.29) is 5.69 Å². The molecule has 0 unspecified atom stereocenters. The fraction of sp³-hybridized carbons (Fsp3) is 0.118. The Labute approximate surface area is 137 Å². The zero-order valence-corrected chi connectivity index (χ0v) is 13.1. The fourth-order valence-electron chi connectivity index (χ4n) is 2.40. The number of hydrogen-bond acceptors (Lipinski definition) is 6. The van der Waals surface area contributed by atoms with Gasteiger partial charge in [-0.1, -0.05) is 0 Å². The van der Waals surface area contributed by atoms with Gasteiger partial charge in [-0.25, -0.2) is 9.80 Å². The maximum Gasteiger partial charge on any atom is 0.344 e. The topological polar surface area (TPSA) is 88.6 Å². The highest BCUT2D eigenvalue weighted by atomic mass is 16.6. The molecule has 1 heterocycles. The minimum atomic E-state index is -0.488. The molecule has 0 bridgehead atoms. The van der Waals surface area contributed by atoms with Crippen LogP contribution >= 0.6 is 0 Å². The molecule has 7 heteroatoms. The van der Waals surface area contributed by atoms with Crippen LogP contribution in [0.1, 0.15) is 0 Å². The van der Waals surface area contributed by atoms with E-state index in [0.29, 0.717) is 16.7 Å². The highest BCUT2D eigenvalue weighted by Crippen LogP contribution is 2.25.